The Balaban J connectivity index is 2.18. The van der Waals surface area contributed by atoms with Gasteiger partial charge in [-0.3, -0.25) is 4.79 Å². The number of carbonyl (C=O) groups excluding carboxylic acids is 1. The van der Waals surface area contributed by atoms with E-state index in [1.165, 1.54) is 5.56 Å². The second kappa shape index (κ2) is 9.37. The smallest absolute Gasteiger partial charge is 0.221 e. The number of hydrogen-bond acceptors (Lipinski definition) is 3. The highest BCUT2D eigenvalue weighted by Crippen LogP contribution is 2.13. The van der Waals surface area contributed by atoms with Gasteiger partial charge < -0.3 is 15.4 Å². The zero-order chi connectivity index (χ0) is 14.8. The molecule has 1 amide bonds. The van der Waals surface area contributed by atoms with Crippen LogP contribution in [-0.2, 0) is 11.2 Å². The average molecular weight is 278 g/mol. The van der Waals surface area contributed by atoms with E-state index in [9.17, 15) is 4.79 Å². The van der Waals surface area contributed by atoms with Gasteiger partial charge in [0.2, 0.25) is 5.91 Å². The number of aryl methyl sites for hydroxylation is 1. The molecule has 1 rings (SSSR count). The topological polar surface area (TPSA) is 50.4 Å². The predicted octanol–water partition coefficient (Wildman–Crippen LogP) is 2.13. The van der Waals surface area contributed by atoms with Crippen molar-refractivity contribution in [2.45, 2.75) is 39.2 Å². The first-order valence-electron chi connectivity index (χ1n) is 7.28. The average Bonchev–Trinajstić information content (AvgIpc) is 2.46. The number of rotatable bonds is 9. The summed E-state index contributed by atoms with van der Waals surface area (Å²) < 4.78 is 5.14. The monoisotopic (exact) mass is 278 g/mol. The van der Waals surface area contributed by atoms with Crippen LogP contribution >= 0.6 is 0 Å². The molecule has 0 bridgehead atoms. The standard InChI is InChI=1S/C16H26N2O2/c1-4-17-16(19)11-12-18-13(2)5-6-14-7-9-15(20-3)10-8-14/h7-10,13,18H,4-6,11-12H2,1-3H3,(H,17,19). The summed E-state index contributed by atoms with van der Waals surface area (Å²) in [4.78, 5) is 11.3. The summed E-state index contributed by atoms with van der Waals surface area (Å²) in [5.74, 6) is 1.00. The minimum absolute atomic E-state index is 0.113. The molecular formula is C16H26N2O2. The van der Waals surface area contributed by atoms with E-state index in [0.29, 0.717) is 19.0 Å². The van der Waals surface area contributed by atoms with Crippen LogP contribution in [0.3, 0.4) is 0 Å². The summed E-state index contributed by atoms with van der Waals surface area (Å²) in [6.45, 7) is 5.52. The van der Waals surface area contributed by atoms with Gasteiger partial charge in [0.15, 0.2) is 0 Å². The third-order valence-corrected chi connectivity index (χ3v) is 3.24. The van der Waals surface area contributed by atoms with Crippen LogP contribution in [-0.4, -0.2) is 32.1 Å². The molecule has 0 radical (unpaired) electrons. The van der Waals surface area contributed by atoms with E-state index in [0.717, 1.165) is 25.1 Å². The maximum absolute atomic E-state index is 11.3. The number of hydrogen-bond donors (Lipinski definition) is 2. The molecule has 112 valence electrons. The Bertz CT molecular complexity index is 390. The summed E-state index contributed by atoms with van der Waals surface area (Å²) in [5.41, 5.74) is 1.31. The zero-order valence-electron chi connectivity index (χ0n) is 12.7. The number of methoxy groups -OCH3 is 1. The van der Waals surface area contributed by atoms with E-state index in [2.05, 4.69) is 29.7 Å². The van der Waals surface area contributed by atoms with Gasteiger partial charge in [-0.25, -0.2) is 0 Å². The van der Waals surface area contributed by atoms with Crippen LogP contribution in [0.15, 0.2) is 24.3 Å². The molecule has 0 aromatic heterocycles. The first-order chi connectivity index (χ1) is 9.65. The van der Waals surface area contributed by atoms with Gasteiger partial charge in [0.25, 0.3) is 0 Å². The van der Waals surface area contributed by atoms with Gasteiger partial charge in [-0.05, 0) is 44.4 Å². The Morgan fingerprint density at radius 2 is 2.00 bits per heavy atom. The van der Waals surface area contributed by atoms with Crippen LogP contribution in [0.2, 0.25) is 0 Å². The third kappa shape index (κ3) is 6.57. The molecule has 2 N–H and O–H groups in total. The van der Waals surface area contributed by atoms with Crippen LogP contribution in [0.5, 0.6) is 5.75 Å². The number of ether oxygens (including phenoxy) is 1. The first-order valence-corrected chi connectivity index (χ1v) is 7.28. The van der Waals surface area contributed by atoms with E-state index < -0.39 is 0 Å². The summed E-state index contributed by atoms with van der Waals surface area (Å²) >= 11 is 0. The molecule has 1 aromatic rings. The van der Waals surface area contributed by atoms with Crippen LogP contribution in [0.1, 0.15) is 32.3 Å². The van der Waals surface area contributed by atoms with Crippen molar-refractivity contribution in [3.8, 4) is 5.75 Å². The van der Waals surface area contributed by atoms with E-state index in [4.69, 9.17) is 4.74 Å². The lowest BCUT2D eigenvalue weighted by Gasteiger charge is -2.13. The fraction of sp³-hybridized carbons (Fsp3) is 0.562. The molecule has 20 heavy (non-hydrogen) atoms. The van der Waals surface area contributed by atoms with Crippen molar-refractivity contribution < 1.29 is 9.53 Å². The molecule has 0 fully saturated rings. The van der Waals surface area contributed by atoms with Gasteiger partial charge in [-0.2, -0.15) is 0 Å². The number of amides is 1. The van der Waals surface area contributed by atoms with Crippen LogP contribution < -0.4 is 15.4 Å². The van der Waals surface area contributed by atoms with Gasteiger partial charge >= 0.3 is 0 Å². The Kier molecular flexibility index (Phi) is 7.73. The molecule has 0 heterocycles. The lowest BCUT2D eigenvalue weighted by molar-refractivity contribution is -0.120. The lowest BCUT2D eigenvalue weighted by atomic mass is 10.1. The predicted molar refractivity (Wildman–Crippen MR) is 82.1 cm³/mol. The Morgan fingerprint density at radius 1 is 1.30 bits per heavy atom. The minimum Gasteiger partial charge on any atom is -0.497 e. The van der Waals surface area contributed by atoms with Gasteiger partial charge in [-0.1, -0.05) is 12.1 Å². The molecular weight excluding hydrogens is 252 g/mol. The van der Waals surface area contributed by atoms with Crippen molar-refractivity contribution in [2.24, 2.45) is 0 Å². The summed E-state index contributed by atoms with van der Waals surface area (Å²) in [5, 5.41) is 6.18. The number of carbonyl (C=O) groups is 1. The van der Waals surface area contributed by atoms with E-state index in [1.54, 1.807) is 7.11 Å². The molecule has 0 aliphatic rings. The number of nitrogens with one attached hydrogen (secondary N) is 2. The molecule has 4 nitrogen and oxygen atoms in total. The van der Waals surface area contributed by atoms with Crippen LogP contribution in [0, 0.1) is 0 Å². The van der Waals surface area contributed by atoms with Crippen molar-refractivity contribution in [1.29, 1.82) is 0 Å². The molecule has 1 unspecified atom stereocenters. The lowest BCUT2D eigenvalue weighted by Crippen LogP contribution is -2.32. The van der Waals surface area contributed by atoms with Gasteiger partial charge in [-0.15, -0.1) is 0 Å². The molecule has 0 spiro atoms. The zero-order valence-corrected chi connectivity index (χ0v) is 12.7. The quantitative estimate of drug-likeness (QED) is 0.727. The van der Waals surface area contributed by atoms with Gasteiger partial charge in [0, 0.05) is 25.6 Å². The molecule has 1 atom stereocenters. The van der Waals surface area contributed by atoms with Crippen molar-refractivity contribution >= 4 is 5.91 Å². The Morgan fingerprint density at radius 3 is 2.60 bits per heavy atom. The highest BCUT2D eigenvalue weighted by molar-refractivity contribution is 5.75. The van der Waals surface area contributed by atoms with Gasteiger partial charge in [0.05, 0.1) is 7.11 Å². The summed E-state index contributed by atoms with van der Waals surface area (Å²) in [7, 11) is 1.68. The third-order valence-electron chi connectivity index (χ3n) is 3.24. The summed E-state index contributed by atoms with van der Waals surface area (Å²) in [6.07, 6.45) is 2.63. The maximum atomic E-state index is 11.3. The molecule has 0 saturated heterocycles. The molecule has 0 aliphatic carbocycles. The van der Waals surface area contributed by atoms with Crippen molar-refractivity contribution in [2.75, 3.05) is 20.2 Å². The molecule has 0 aliphatic heterocycles. The van der Waals surface area contributed by atoms with E-state index in [1.807, 2.05) is 19.1 Å². The molecule has 0 saturated carbocycles. The highest BCUT2D eigenvalue weighted by atomic mass is 16.5. The Hall–Kier alpha value is -1.55. The normalized spacial score (nSPS) is 11.9. The molecule has 1 aromatic carbocycles. The largest absolute Gasteiger partial charge is 0.497 e. The minimum atomic E-state index is 0.113. The summed E-state index contributed by atoms with van der Waals surface area (Å²) in [6, 6.07) is 8.58. The maximum Gasteiger partial charge on any atom is 0.221 e. The first kappa shape index (κ1) is 16.5. The Labute approximate surface area is 121 Å². The van der Waals surface area contributed by atoms with Gasteiger partial charge in [0.1, 0.15) is 5.75 Å². The second-order valence-electron chi connectivity index (χ2n) is 4.95. The fourth-order valence-corrected chi connectivity index (χ4v) is 2.00. The van der Waals surface area contributed by atoms with Crippen molar-refractivity contribution in [3.63, 3.8) is 0 Å². The fourth-order valence-electron chi connectivity index (χ4n) is 2.00. The van der Waals surface area contributed by atoms with Crippen LogP contribution in [0.4, 0.5) is 0 Å². The van der Waals surface area contributed by atoms with Crippen LogP contribution in [0.25, 0.3) is 0 Å². The van der Waals surface area contributed by atoms with Crippen molar-refractivity contribution in [1.82, 2.24) is 10.6 Å². The number of benzene rings is 1. The SMILES string of the molecule is CCNC(=O)CCNC(C)CCc1ccc(OC)cc1. The molecule has 4 heteroatoms. The second-order valence-corrected chi connectivity index (χ2v) is 4.95. The van der Waals surface area contributed by atoms with E-state index >= 15 is 0 Å². The van der Waals surface area contributed by atoms with E-state index in [-0.39, 0.29) is 5.91 Å². The van der Waals surface area contributed by atoms with Crippen molar-refractivity contribution in [3.05, 3.63) is 29.8 Å². The highest BCUT2D eigenvalue weighted by Gasteiger charge is 2.04.